The van der Waals surface area contributed by atoms with E-state index in [4.69, 9.17) is 5.10 Å². The van der Waals surface area contributed by atoms with Crippen LogP contribution in [-0.2, 0) is 14.4 Å². The molecule has 4 aliphatic rings. The molecule has 0 atom stereocenters. The molecule has 1 aromatic carbocycles. The Hall–Kier alpha value is -3.42. The van der Waals surface area contributed by atoms with Crippen LogP contribution in [0, 0.1) is 17.3 Å². The number of benzene rings is 1. The Balaban J connectivity index is 1.51. The first-order valence-corrected chi connectivity index (χ1v) is 18.1. The number of amides is 2. The summed E-state index contributed by atoms with van der Waals surface area (Å²) < 4.78 is 0. The molecule has 47 heavy (non-hydrogen) atoms. The average molecular weight is 645 g/mol. The average Bonchev–Trinajstić information content (AvgIpc) is 3.80. The predicted molar refractivity (Wildman–Crippen MR) is 190 cm³/mol. The summed E-state index contributed by atoms with van der Waals surface area (Å²) in [6.45, 7) is 15.4. The molecule has 2 amide bonds. The molecule has 2 fully saturated rings. The van der Waals surface area contributed by atoms with Gasteiger partial charge in [0.1, 0.15) is 5.76 Å². The number of nitrogens with zero attached hydrogens (tertiary/aromatic N) is 3. The van der Waals surface area contributed by atoms with Crippen LogP contribution < -0.4 is 10.2 Å². The molecular formula is C39H56N4O4. The van der Waals surface area contributed by atoms with E-state index in [0.29, 0.717) is 35.7 Å². The van der Waals surface area contributed by atoms with Crippen molar-refractivity contribution in [3.63, 3.8) is 0 Å². The van der Waals surface area contributed by atoms with Crippen molar-refractivity contribution in [2.24, 2.45) is 22.4 Å². The number of aliphatic hydroxyl groups excluding tert-OH is 1. The minimum absolute atomic E-state index is 0.0471. The minimum Gasteiger partial charge on any atom is -0.506 e. The van der Waals surface area contributed by atoms with Crippen LogP contribution in [0.4, 0.5) is 11.4 Å². The lowest BCUT2D eigenvalue weighted by molar-refractivity contribution is -0.130. The number of nitrogens with one attached hydrogen (secondary N) is 1. The molecule has 0 spiro atoms. The first-order valence-electron chi connectivity index (χ1n) is 18.1. The van der Waals surface area contributed by atoms with Crippen molar-refractivity contribution >= 4 is 40.3 Å². The molecular weight excluding hydrogens is 588 g/mol. The molecule has 0 radical (unpaired) electrons. The molecule has 256 valence electrons. The second-order valence-corrected chi connectivity index (χ2v) is 15.8. The minimum atomic E-state index is -0.621. The Morgan fingerprint density at radius 1 is 0.957 bits per heavy atom. The number of Topliss-reactive ketones (excluding diaryl/α,β-unsaturated/α-hetero) is 1. The Morgan fingerprint density at radius 3 is 2.17 bits per heavy atom. The SMILES string of the molecule is CCN(CCCC1CCCC1)c1ccc(C2=C(O)/C(=C3/C(=O)N(C(C)(C)C)N=C3CC3CCCC3)C2=O)c(NC(=O)C(C)(C)CC)c1. The molecule has 2 N–H and O–H groups in total. The van der Waals surface area contributed by atoms with Gasteiger partial charge in [0.25, 0.3) is 5.91 Å². The van der Waals surface area contributed by atoms with Crippen LogP contribution in [0.1, 0.15) is 131 Å². The summed E-state index contributed by atoms with van der Waals surface area (Å²) in [6.07, 6.45) is 13.4. The third-order valence-corrected chi connectivity index (χ3v) is 11.0. The van der Waals surface area contributed by atoms with Crippen LogP contribution in [0.15, 0.2) is 40.2 Å². The summed E-state index contributed by atoms with van der Waals surface area (Å²) >= 11 is 0. The van der Waals surface area contributed by atoms with Gasteiger partial charge in [0, 0.05) is 29.8 Å². The largest absolute Gasteiger partial charge is 0.506 e. The van der Waals surface area contributed by atoms with Gasteiger partial charge in [-0.1, -0.05) is 72.1 Å². The van der Waals surface area contributed by atoms with Gasteiger partial charge < -0.3 is 15.3 Å². The normalized spacial score (nSPS) is 21.2. The number of aliphatic hydroxyl groups is 1. The zero-order valence-corrected chi connectivity index (χ0v) is 29.8. The Bertz CT molecular complexity index is 1480. The van der Waals surface area contributed by atoms with Crippen LogP contribution in [0.2, 0.25) is 0 Å². The van der Waals surface area contributed by atoms with Gasteiger partial charge in [-0.05, 0) is 83.4 Å². The lowest BCUT2D eigenvalue weighted by Crippen LogP contribution is -2.40. The Kier molecular flexibility index (Phi) is 10.4. The fraction of sp³-hybridized carbons (Fsp3) is 0.641. The van der Waals surface area contributed by atoms with Gasteiger partial charge in [-0.25, -0.2) is 5.01 Å². The standard InChI is InChI=1S/C39H56N4O4/c1-8-39(6,7)37(47)40-29-24-27(42(9-2)22-14-19-25-15-10-11-16-25)20-21-28(29)31-34(44)33(35(31)45)32-30(23-26-17-12-13-18-26)41-43(36(32)46)38(3,4)5/h20-21,24-26,44H,8-19,22-23H2,1-7H3,(H,40,47)/b33-32-. The molecule has 0 aromatic heterocycles. The van der Waals surface area contributed by atoms with E-state index in [1.807, 2.05) is 59.7 Å². The van der Waals surface area contributed by atoms with E-state index in [1.54, 1.807) is 0 Å². The van der Waals surface area contributed by atoms with E-state index in [2.05, 4.69) is 17.1 Å². The van der Waals surface area contributed by atoms with Crippen LogP contribution in [0.25, 0.3) is 5.57 Å². The number of hydrogen-bond donors (Lipinski definition) is 2. The highest BCUT2D eigenvalue weighted by Gasteiger charge is 2.46. The van der Waals surface area contributed by atoms with Crippen molar-refractivity contribution in [3.8, 4) is 0 Å². The first kappa shape index (κ1) is 34.9. The smallest absolute Gasteiger partial charge is 0.277 e. The van der Waals surface area contributed by atoms with Gasteiger partial charge in [0.05, 0.1) is 33.7 Å². The predicted octanol–water partition coefficient (Wildman–Crippen LogP) is 8.58. The lowest BCUT2D eigenvalue weighted by Gasteiger charge is -2.30. The number of carbonyl (C=O) groups excluding carboxylic acids is 3. The number of ketones is 1. The molecule has 1 heterocycles. The van der Waals surface area contributed by atoms with Crippen LogP contribution in [0.3, 0.4) is 0 Å². The monoisotopic (exact) mass is 644 g/mol. The highest BCUT2D eigenvalue weighted by Crippen LogP contribution is 2.45. The summed E-state index contributed by atoms with van der Waals surface area (Å²) in [5.41, 5.74) is 1.74. The van der Waals surface area contributed by atoms with Crippen LogP contribution in [0.5, 0.6) is 0 Å². The van der Waals surface area contributed by atoms with E-state index >= 15 is 0 Å². The van der Waals surface area contributed by atoms with E-state index < -0.39 is 11.0 Å². The third kappa shape index (κ3) is 7.22. The fourth-order valence-corrected chi connectivity index (χ4v) is 7.51. The van der Waals surface area contributed by atoms with Gasteiger partial charge in [0.15, 0.2) is 0 Å². The molecule has 8 heteroatoms. The van der Waals surface area contributed by atoms with Crippen molar-refractivity contribution < 1.29 is 19.5 Å². The molecule has 1 aromatic rings. The maximum atomic E-state index is 14.1. The molecule has 0 bridgehead atoms. The van der Waals surface area contributed by atoms with Crippen molar-refractivity contribution in [2.75, 3.05) is 23.3 Å². The number of anilines is 2. The summed E-state index contributed by atoms with van der Waals surface area (Å²) in [4.78, 5) is 43.6. The highest BCUT2D eigenvalue weighted by atomic mass is 16.3. The van der Waals surface area contributed by atoms with E-state index in [1.165, 1.54) is 37.1 Å². The molecule has 0 unspecified atom stereocenters. The van der Waals surface area contributed by atoms with Crippen LogP contribution in [-0.4, -0.2) is 52.1 Å². The quantitative estimate of drug-likeness (QED) is 0.222. The molecule has 0 saturated heterocycles. The molecule has 8 nitrogen and oxygen atoms in total. The van der Waals surface area contributed by atoms with Gasteiger partial charge in [-0.3, -0.25) is 14.4 Å². The summed E-state index contributed by atoms with van der Waals surface area (Å²) in [5.74, 6) is 0.165. The van der Waals surface area contributed by atoms with E-state index in [0.717, 1.165) is 56.8 Å². The lowest BCUT2D eigenvalue weighted by atomic mass is 9.78. The van der Waals surface area contributed by atoms with E-state index in [9.17, 15) is 19.5 Å². The second-order valence-electron chi connectivity index (χ2n) is 15.8. The zero-order valence-electron chi connectivity index (χ0n) is 29.8. The van der Waals surface area contributed by atoms with Gasteiger partial charge >= 0.3 is 0 Å². The summed E-state index contributed by atoms with van der Waals surface area (Å²) in [5, 5.41) is 20.9. The number of allylic oxidation sites excluding steroid dienone is 2. The Labute approximate surface area is 281 Å². The Morgan fingerprint density at radius 2 is 1.60 bits per heavy atom. The molecule has 1 aliphatic heterocycles. The number of carbonyl (C=O) groups is 3. The summed E-state index contributed by atoms with van der Waals surface area (Å²) in [7, 11) is 0. The zero-order chi connectivity index (χ0) is 34.1. The third-order valence-electron chi connectivity index (χ3n) is 11.0. The highest BCUT2D eigenvalue weighted by molar-refractivity contribution is 6.44. The van der Waals surface area contributed by atoms with Gasteiger partial charge in [-0.15, -0.1) is 0 Å². The fourth-order valence-electron chi connectivity index (χ4n) is 7.51. The van der Waals surface area contributed by atoms with Crippen molar-refractivity contribution in [3.05, 3.63) is 40.7 Å². The maximum Gasteiger partial charge on any atom is 0.277 e. The molecule has 5 rings (SSSR count). The first-order chi connectivity index (χ1) is 22.3. The van der Waals surface area contributed by atoms with Crippen molar-refractivity contribution in [1.82, 2.24) is 5.01 Å². The van der Waals surface area contributed by atoms with Gasteiger partial charge in [0.2, 0.25) is 11.7 Å². The summed E-state index contributed by atoms with van der Waals surface area (Å²) in [6, 6.07) is 5.74. The number of hydrazone groups is 1. The van der Waals surface area contributed by atoms with Crippen LogP contribution >= 0.6 is 0 Å². The number of rotatable bonds is 12. The topological polar surface area (TPSA) is 102 Å². The molecule has 3 aliphatic carbocycles. The number of hydrogen-bond acceptors (Lipinski definition) is 6. The van der Waals surface area contributed by atoms with Crippen molar-refractivity contribution in [1.29, 1.82) is 0 Å². The molecule has 2 saturated carbocycles. The maximum absolute atomic E-state index is 14.1. The van der Waals surface area contributed by atoms with Gasteiger partial charge in [-0.2, -0.15) is 5.10 Å². The van der Waals surface area contributed by atoms with E-state index in [-0.39, 0.29) is 40.1 Å². The van der Waals surface area contributed by atoms with Crippen molar-refractivity contribution in [2.45, 2.75) is 131 Å². The second kappa shape index (κ2) is 14.0.